The van der Waals surface area contributed by atoms with Crippen LogP contribution in [-0.2, 0) is 25.6 Å². The second kappa shape index (κ2) is 9.23. The Kier molecular flexibility index (Phi) is 7.13. The molecule has 170 valence electrons. The van der Waals surface area contributed by atoms with Gasteiger partial charge in [-0.25, -0.2) is 19.3 Å². The molecule has 31 heavy (non-hydrogen) atoms. The predicted octanol–water partition coefficient (Wildman–Crippen LogP) is 3.47. The summed E-state index contributed by atoms with van der Waals surface area (Å²) in [5.74, 6) is -1.10. The van der Waals surface area contributed by atoms with Crippen LogP contribution in [0.5, 0.6) is 0 Å². The molecule has 0 N–H and O–H groups in total. The summed E-state index contributed by atoms with van der Waals surface area (Å²) in [4.78, 5) is 49.7. The summed E-state index contributed by atoms with van der Waals surface area (Å²) < 4.78 is 50.8. The first kappa shape index (κ1) is 24.0. The van der Waals surface area contributed by atoms with Crippen LogP contribution < -0.4 is 0 Å². The quantitative estimate of drug-likeness (QED) is 0.515. The number of ether oxygens (including phenoxy) is 3. The van der Waals surface area contributed by atoms with Gasteiger partial charge in [0.25, 0.3) is 5.91 Å². The SMILES string of the molecule is CC(C)(C)OC(=O)N(C(=O)OCc1ccccc1)[C@H]1CN(C(=O)OCC(F)(F)F)C1=O. The number of benzene rings is 1. The lowest BCUT2D eigenvalue weighted by molar-refractivity contribution is -0.167. The van der Waals surface area contributed by atoms with E-state index >= 15 is 0 Å². The number of nitrogens with zero attached hydrogens (tertiary/aromatic N) is 2. The summed E-state index contributed by atoms with van der Waals surface area (Å²) in [6.07, 6.45) is -8.72. The third kappa shape index (κ3) is 6.86. The number of likely N-dealkylation sites (tertiary alicyclic amines) is 1. The number of hydrogen-bond acceptors (Lipinski definition) is 7. The molecule has 9 nitrogen and oxygen atoms in total. The lowest BCUT2D eigenvalue weighted by Gasteiger charge is -2.40. The molecular formula is C19H21F3N2O7. The molecule has 4 amide bonds. The van der Waals surface area contributed by atoms with Gasteiger partial charge in [-0.1, -0.05) is 30.3 Å². The first-order chi connectivity index (χ1) is 14.3. The zero-order chi connectivity index (χ0) is 23.4. The predicted molar refractivity (Wildman–Crippen MR) is 97.6 cm³/mol. The van der Waals surface area contributed by atoms with E-state index in [1.807, 2.05) is 0 Å². The van der Waals surface area contributed by atoms with Crippen molar-refractivity contribution in [3.05, 3.63) is 35.9 Å². The van der Waals surface area contributed by atoms with E-state index in [2.05, 4.69) is 4.74 Å². The Bertz CT molecular complexity index is 837. The number of halogens is 3. The first-order valence-corrected chi connectivity index (χ1v) is 9.06. The lowest BCUT2D eigenvalue weighted by atomic mass is 10.1. The maximum Gasteiger partial charge on any atom is 0.422 e. The number of alkyl halides is 3. The molecule has 0 bridgehead atoms. The summed E-state index contributed by atoms with van der Waals surface area (Å²) in [5.41, 5.74) is -0.412. The van der Waals surface area contributed by atoms with Gasteiger partial charge in [-0.15, -0.1) is 0 Å². The molecule has 1 aliphatic heterocycles. The second-order valence-corrected chi connectivity index (χ2v) is 7.52. The summed E-state index contributed by atoms with van der Waals surface area (Å²) in [6, 6.07) is 6.99. The topological polar surface area (TPSA) is 102 Å². The van der Waals surface area contributed by atoms with E-state index in [-0.39, 0.29) is 6.61 Å². The Morgan fingerprint density at radius 1 is 1.06 bits per heavy atom. The van der Waals surface area contributed by atoms with E-state index in [1.165, 1.54) is 20.8 Å². The van der Waals surface area contributed by atoms with Crippen LogP contribution in [0.25, 0.3) is 0 Å². The van der Waals surface area contributed by atoms with Crippen LogP contribution in [0, 0.1) is 0 Å². The number of amides is 4. The van der Waals surface area contributed by atoms with Crippen molar-refractivity contribution in [3.63, 3.8) is 0 Å². The average molecular weight is 446 g/mol. The maximum atomic E-state index is 12.5. The van der Waals surface area contributed by atoms with Gasteiger partial charge in [-0.2, -0.15) is 18.1 Å². The van der Waals surface area contributed by atoms with Gasteiger partial charge in [-0.05, 0) is 26.3 Å². The van der Waals surface area contributed by atoms with Gasteiger partial charge in [0, 0.05) is 0 Å². The van der Waals surface area contributed by atoms with Gasteiger partial charge in [0.1, 0.15) is 18.2 Å². The highest BCUT2D eigenvalue weighted by Crippen LogP contribution is 2.23. The fraction of sp³-hybridized carbons (Fsp3) is 0.474. The molecule has 0 radical (unpaired) electrons. The number of hydrogen-bond donors (Lipinski definition) is 0. The highest BCUT2D eigenvalue weighted by atomic mass is 19.4. The van der Waals surface area contributed by atoms with Crippen molar-refractivity contribution in [2.45, 2.75) is 45.2 Å². The van der Waals surface area contributed by atoms with Crippen molar-refractivity contribution in [3.8, 4) is 0 Å². The monoisotopic (exact) mass is 446 g/mol. The van der Waals surface area contributed by atoms with Gasteiger partial charge in [0.2, 0.25) is 0 Å². The molecule has 1 aromatic rings. The molecule has 12 heteroatoms. The van der Waals surface area contributed by atoms with Gasteiger partial charge >= 0.3 is 24.5 Å². The summed E-state index contributed by atoms with van der Waals surface area (Å²) in [5, 5.41) is 0. The Hall–Kier alpha value is -3.31. The van der Waals surface area contributed by atoms with Gasteiger partial charge < -0.3 is 14.2 Å². The molecule has 1 atom stereocenters. The Morgan fingerprint density at radius 3 is 2.19 bits per heavy atom. The minimum absolute atomic E-state index is 0.211. The van der Waals surface area contributed by atoms with E-state index in [4.69, 9.17) is 9.47 Å². The number of imide groups is 2. The molecule has 2 rings (SSSR count). The van der Waals surface area contributed by atoms with Crippen molar-refractivity contribution in [1.82, 2.24) is 9.80 Å². The van der Waals surface area contributed by atoms with E-state index in [0.29, 0.717) is 15.4 Å². The van der Waals surface area contributed by atoms with E-state index in [0.717, 1.165) is 0 Å². The van der Waals surface area contributed by atoms with Crippen molar-refractivity contribution in [2.24, 2.45) is 0 Å². The fourth-order valence-electron chi connectivity index (χ4n) is 2.42. The van der Waals surface area contributed by atoms with E-state index in [1.54, 1.807) is 30.3 Å². The molecule has 0 aromatic heterocycles. The molecule has 0 aliphatic carbocycles. The number of carbonyl (C=O) groups excluding carboxylic acids is 4. The molecule has 1 fully saturated rings. The minimum atomic E-state index is -4.77. The Morgan fingerprint density at radius 2 is 1.68 bits per heavy atom. The van der Waals surface area contributed by atoms with Gasteiger partial charge in [0.05, 0.1) is 6.54 Å². The number of β-lactam (4-membered cyclic amide) rings is 1. The van der Waals surface area contributed by atoms with Crippen molar-refractivity contribution >= 4 is 24.2 Å². The van der Waals surface area contributed by atoms with E-state index in [9.17, 15) is 32.3 Å². The summed E-state index contributed by atoms with van der Waals surface area (Å²) in [6.45, 7) is 1.94. The molecule has 1 aliphatic rings. The van der Waals surface area contributed by atoms with Crippen molar-refractivity contribution in [1.29, 1.82) is 0 Å². The van der Waals surface area contributed by atoms with Crippen molar-refractivity contribution < 1.29 is 46.6 Å². The standard InChI is InChI=1S/C19H21F3N2O7/c1-18(2,3)31-17(28)24(16(27)29-10-12-7-5-4-6-8-12)13-9-23(14(13)25)15(26)30-11-19(20,21)22/h4-8,13H,9-11H2,1-3H3/t13-/m0/s1. The molecule has 0 unspecified atom stereocenters. The van der Waals surface area contributed by atoms with Crippen LogP contribution in [0.1, 0.15) is 26.3 Å². The smallest absolute Gasteiger partial charge is 0.422 e. The third-order valence-electron chi connectivity index (χ3n) is 3.79. The first-order valence-electron chi connectivity index (χ1n) is 9.06. The molecule has 1 aromatic carbocycles. The zero-order valence-electron chi connectivity index (χ0n) is 17.0. The normalized spacial score (nSPS) is 16.3. The zero-order valence-corrected chi connectivity index (χ0v) is 17.0. The molecule has 1 heterocycles. The van der Waals surface area contributed by atoms with Crippen LogP contribution in [0.3, 0.4) is 0 Å². The molecular weight excluding hydrogens is 425 g/mol. The summed E-state index contributed by atoms with van der Waals surface area (Å²) >= 11 is 0. The Labute approximate surface area is 175 Å². The van der Waals surface area contributed by atoms with Crippen LogP contribution in [0.4, 0.5) is 27.6 Å². The van der Waals surface area contributed by atoms with Crippen LogP contribution in [0.2, 0.25) is 0 Å². The molecule has 0 spiro atoms. The van der Waals surface area contributed by atoms with Gasteiger partial charge in [0.15, 0.2) is 6.61 Å². The summed E-state index contributed by atoms with van der Waals surface area (Å²) in [7, 11) is 0. The largest absolute Gasteiger partial charge is 0.444 e. The Balaban J connectivity index is 2.08. The minimum Gasteiger partial charge on any atom is -0.444 e. The molecule has 1 saturated heterocycles. The lowest BCUT2D eigenvalue weighted by Crippen LogP contribution is -2.68. The van der Waals surface area contributed by atoms with Gasteiger partial charge in [-0.3, -0.25) is 4.79 Å². The maximum absolute atomic E-state index is 12.5. The highest BCUT2D eigenvalue weighted by molar-refractivity contribution is 6.05. The number of carbonyl (C=O) groups is 4. The van der Waals surface area contributed by atoms with Crippen LogP contribution >= 0.6 is 0 Å². The molecule has 0 saturated carbocycles. The number of rotatable bonds is 4. The van der Waals surface area contributed by atoms with Crippen LogP contribution in [-0.4, -0.2) is 65.0 Å². The average Bonchev–Trinajstić information content (AvgIpc) is 2.65. The van der Waals surface area contributed by atoms with E-state index < -0.39 is 55.2 Å². The van der Waals surface area contributed by atoms with Crippen molar-refractivity contribution in [2.75, 3.05) is 13.2 Å². The highest BCUT2D eigenvalue weighted by Gasteiger charge is 2.51. The van der Waals surface area contributed by atoms with Crippen LogP contribution in [0.15, 0.2) is 30.3 Å². The fourth-order valence-corrected chi connectivity index (χ4v) is 2.42. The second-order valence-electron chi connectivity index (χ2n) is 7.52. The third-order valence-corrected chi connectivity index (χ3v) is 3.79.